The van der Waals surface area contributed by atoms with Crippen LogP contribution in [0.25, 0.3) is 0 Å². The molecule has 1 aliphatic carbocycles. The lowest BCUT2D eigenvalue weighted by molar-refractivity contribution is 0.551. The van der Waals surface area contributed by atoms with E-state index in [1.807, 2.05) is 0 Å². The van der Waals surface area contributed by atoms with Crippen molar-refractivity contribution in [2.45, 2.75) is 66.5 Å². The van der Waals surface area contributed by atoms with E-state index in [0.29, 0.717) is 12.1 Å². The van der Waals surface area contributed by atoms with Crippen molar-refractivity contribution >= 4 is 11.4 Å². The molecule has 0 spiro atoms. The summed E-state index contributed by atoms with van der Waals surface area (Å²) in [6.07, 6.45) is 7.03. The van der Waals surface area contributed by atoms with Gasteiger partial charge in [0.15, 0.2) is 0 Å². The van der Waals surface area contributed by atoms with Crippen molar-refractivity contribution < 1.29 is 0 Å². The van der Waals surface area contributed by atoms with Crippen LogP contribution in [0.15, 0.2) is 36.4 Å². The van der Waals surface area contributed by atoms with Crippen LogP contribution in [0.3, 0.4) is 0 Å². The fraction of sp³-hybridized carbons (Fsp3) is 0.440. The number of fused-ring (bicyclic) bond motifs is 1. The summed E-state index contributed by atoms with van der Waals surface area (Å²) in [6.45, 7) is 14.5. The maximum absolute atomic E-state index is 2.68. The Balaban J connectivity index is 1.81. The molecule has 2 atom stereocenters. The first kappa shape index (κ1) is 18.2. The summed E-state index contributed by atoms with van der Waals surface area (Å²) in [6, 6.07) is 10.4. The molecule has 0 radical (unpaired) electrons. The van der Waals surface area contributed by atoms with Crippen molar-refractivity contribution in [3.63, 3.8) is 0 Å². The van der Waals surface area contributed by atoms with Crippen molar-refractivity contribution in [2.75, 3.05) is 16.5 Å². The lowest BCUT2D eigenvalue weighted by atomic mass is 9.93. The van der Waals surface area contributed by atoms with E-state index in [2.05, 4.69) is 87.8 Å². The van der Waals surface area contributed by atoms with Gasteiger partial charge in [-0.15, -0.1) is 0 Å². The summed E-state index contributed by atoms with van der Waals surface area (Å²) in [5, 5.41) is 0. The Morgan fingerprint density at radius 2 is 0.926 bits per heavy atom. The zero-order valence-corrected chi connectivity index (χ0v) is 17.6. The fourth-order valence-corrected chi connectivity index (χ4v) is 5.55. The van der Waals surface area contributed by atoms with Gasteiger partial charge in [0.25, 0.3) is 0 Å². The average Bonchev–Trinajstić information content (AvgIpc) is 2.93. The normalized spacial score (nSPS) is 21.7. The Bertz CT molecular complexity index is 789. The molecule has 0 amide bonds. The molecule has 0 aromatic heterocycles. The van der Waals surface area contributed by atoms with Crippen LogP contribution in [0.5, 0.6) is 0 Å². The van der Waals surface area contributed by atoms with Crippen molar-refractivity contribution in [2.24, 2.45) is 0 Å². The fourth-order valence-electron chi connectivity index (χ4n) is 5.55. The van der Waals surface area contributed by atoms with E-state index < -0.39 is 0 Å². The van der Waals surface area contributed by atoms with Crippen LogP contribution >= 0.6 is 0 Å². The molecule has 142 valence electrons. The second kappa shape index (κ2) is 6.74. The zero-order valence-electron chi connectivity index (χ0n) is 17.6. The van der Waals surface area contributed by atoms with Crippen LogP contribution in [0.1, 0.15) is 46.2 Å². The number of hydrogen-bond acceptors (Lipinski definition) is 2. The van der Waals surface area contributed by atoms with E-state index in [0.717, 1.165) is 19.5 Å². The highest BCUT2D eigenvalue weighted by Crippen LogP contribution is 2.41. The molecule has 2 heteroatoms. The molecule has 1 aliphatic heterocycles. The Labute approximate surface area is 164 Å². The Hall–Kier alpha value is -2.22. The molecule has 2 aromatic rings. The number of benzene rings is 2. The van der Waals surface area contributed by atoms with Gasteiger partial charge in [0, 0.05) is 11.4 Å². The molecule has 2 nitrogen and oxygen atoms in total. The van der Waals surface area contributed by atoms with Gasteiger partial charge >= 0.3 is 0 Å². The summed E-state index contributed by atoms with van der Waals surface area (Å²) < 4.78 is 0. The summed E-state index contributed by atoms with van der Waals surface area (Å²) in [7, 11) is 0. The molecule has 2 aliphatic rings. The second-order valence-corrected chi connectivity index (χ2v) is 8.65. The first-order valence-corrected chi connectivity index (χ1v) is 10.2. The lowest BCUT2D eigenvalue weighted by Gasteiger charge is -2.32. The van der Waals surface area contributed by atoms with Gasteiger partial charge in [0.2, 0.25) is 0 Å². The smallest absolute Gasteiger partial charge is 0.0911 e. The summed E-state index contributed by atoms with van der Waals surface area (Å²) >= 11 is 0. The van der Waals surface area contributed by atoms with Crippen LogP contribution in [0, 0.1) is 41.5 Å². The van der Waals surface area contributed by atoms with E-state index in [9.17, 15) is 0 Å². The standard InChI is InChI=1S/C25H32N2/c1-16-11-18(3)24(19(4)12-16)26-15-27(23-10-8-7-9-22(23)26)25-20(5)13-17(2)14-21(25)6/h7-8,11-14,22-23H,9-10,15H2,1-6H3/t22-,23?/m1/s1. The van der Waals surface area contributed by atoms with E-state index in [4.69, 9.17) is 0 Å². The van der Waals surface area contributed by atoms with Crippen LogP contribution in [0.4, 0.5) is 11.4 Å². The molecule has 0 saturated carbocycles. The summed E-state index contributed by atoms with van der Waals surface area (Å²) in [5.41, 5.74) is 11.2. The number of anilines is 2. The molecule has 1 heterocycles. The van der Waals surface area contributed by atoms with Crippen molar-refractivity contribution in [1.29, 1.82) is 0 Å². The van der Waals surface area contributed by atoms with Crippen molar-refractivity contribution in [1.82, 2.24) is 0 Å². The Morgan fingerprint density at radius 3 is 1.26 bits per heavy atom. The third-order valence-corrected chi connectivity index (χ3v) is 6.32. The quantitative estimate of drug-likeness (QED) is 0.614. The first-order chi connectivity index (χ1) is 12.9. The minimum Gasteiger partial charge on any atom is -0.348 e. The number of aryl methyl sites for hydroxylation is 6. The Kier molecular flexibility index (Phi) is 4.53. The van der Waals surface area contributed by atoms with Crippen molar-refractivity contribution in [3.8, 4) is 0 Å². The van der Waals surface area contributed by atoms with E-state index >= 15 is 0 Å². The van der Waals surface area contributed by atoms with Gasteiger partial charge in [-0.2, -0.15) is 0 Å². The molecule has 1 fully saturated rings. The van der Waals surface area contributed by atoms with Gasteiger partial charge in [-0.3, -0.25) is 0 Å². The highest BCUT2D eigenvalue weighted by Gasteiger charge is 2.41. The van der Waals surface area contributed by atoms with Gasteiger partial charge < -0.3 is 9.80 Å². The maximum atomic E-state index is 2.68. The molecule has 2 aromatic carbocycles. The number of nitrogens with zero attached hydrogens (tertiary/aromatic N) is 2. The predicted octanol–water partition coefficient (Wildman–Crippen LogP) is 5.91. The zero-order chi connectivity index (χ0) is 19.3. The number of hydrogen-bond donors (Lipinski definition) is 0. The summed E-state index contributed by atoms with van der Waals surface area (Å²) in [4.78, 5) is 5.36. The van der Waals surface area contributed by atoms with Crippen LogP contribution < -0.4 is 9.80 Å². The van der Waals surface area contributed by atoms with E-state index in [1.54, 1.807) is 0 Å². The van der Waals surface area contributed by atoms with Crippen LogP contribution in [-0.4, -0.2) is 18.8 Å². The molecule has 27 heavy (non-hydrogen) atoms. The largest absolute Gasteiger partial charge is 0.348 e. The minimum atomic E-state index is 0.551. The third-order valence-electron chi connectivity index (χ3n) is 6.32. The van der Waals surface area contributed by atoms with Gasteiger partial charge in [0.05, 0.1) is 18.8 Å². The van der Waals surface area contributed by atoms with Crippen molar-refractivity contribution in [3.05, 3.63) is 69.8 Å². The van der Waals surface area contributed by atoms with Gasteiger partial charge in [-0.05, 0) is 76.6 Å². The SMILES string of the molecule is Cc1cc(C)c(N2CN(c3c(C)cc(C)cc3C)[C@@H]3CC=CCC32)c(C)c1. The third kappa shape index (κ3) is 3.05. The molecule has 0 N–H and O–H groups in total. The van der Waals surface area contributed by atoms with Crippen LogP contribution in [0.2, 0.25) is 0 Å². The van der Waals surface area contributed by atoms with E-state index in [1.165, 1.54) is 44.8 Å². The van der Waals surface area contributed by atoms with E-state index in [-0.39, 0.29) is 0 Å². The topological polar surface area (TPSA) is 6.48 Å². The molecule has 1 saturated heterocycles. The highest BCUT2D eigenvalue weighted by atomic mass is 15.4. The predicted molar refractivity (Wildman–Crippen MR) is 117 cm³/mol. The van der Waals surface area contributed by atoms with Gasteiger partial charge in [-0.1, -0.05) is 47.5 Å². The monoisotopic (exact) mass is 360 g/mol. The van der Waals surface area contributed by atoms with Gasteiger partial charge in [0.1, 0.15) is 0 Å². The molecule has 4 rings (SSSR count). The Morgan fingerprint density at radius 1 is 0.593 bits per heavy atom. The average molecular weight is 361 g/mol. The lowest BCUT2D eigenvalue weighted by Crippen LogP contribution is -2.39. The molecular weight excluding hydrogens is 328 g/mol. The minimum absolute atomic E-state index is 0.551. The molecule has 0 bridgehead atoms. The number of rotatable bonds is 2. The molecule has 1 unspecified atom stereocenters. The highest BCUT2D eigenvalue weighted by molar-refractivity contribution is 5.68. The second-order valence-electron chi connectivity index (χ2n) is 8.65. The first-order valence-electron chi connectivity index (χ1n) is 10.2. The molecular formula is C25H32N2. The van der Waals surface area contributed by atoms with Gasteiger partial charge in [-0.25, -0.2) is 0 Å². The maximum Gasteiger partial charge on any atom is 0.0911 e. The summed E-state index contributed by atoms with van der Waals surface area (Å²) in [5.74, 6) is 0. The van der Waals surface area contributed by atoms with Crippen LogP contribution in [-0.2, 0) is 0 Å².